The second-order valence-electron chi connectivity index (χ2n) is 9.00. The van der Waals surface area contributed by atoms with Crippen molar-refractivity contribution >= 4 is 35.2 Å². The summed E-state index contributed by atoms with van der Waals surface area (Å²) in [4.78, 5) is 33.0. The fourth-order valence-electron chi connectivity index (χ4n) is 4.58. The lowest BCUT2D eigenvalue weighted by Gasteiger charge is -2.48. The first-order chi connectivity index (χ1) is 17.1. The first-order valence-corrected chi connectivity index (χ1v) is 13.3. The third-order valence-corrected chi connectivity index (χ3v) is 8.00. The molecule has 7 heteroatoms. The van der Waals surface area contributed by atoms with E-state index in [1.54, 1.807) is 11.8 Å². The molecule has 2 aliphatic rings. The van der Waals surface area contributed by atoms with Crippen molar-refractivity contribution < 1.29 is 9.59 Å². The first kappa shape index (κ1) is 23.9. The van der Waals surface area contributed by atoms with Crippen molar-refractivity contribution in [2.75, 3.05) is 39.3 Å². The van der Waals surface area contributed by atoms with E-state index >= 15 is 0 Å². The molecular formula is C28H28ClN3O2S. The Kier molecular flexibility index (Phi) is 7.42. The van der Waals surface area contributed by atoms with Crippen LogP contribution in [0.1, 0.15) is 26.3 Å². The largest absolute Gasteiger partial charge is 0.336 e. The predicted octanol–water partition coefficient (Wildman–Crippen LogP) is 4.91. The van der Waals surface area contributed by atoms with Gasteiger partial charge in [-0.25, -0.2) is 0 Å². The molecule has 5 nitrogen and oxygen atoms in total. The third-order valence-electron chi connectivity index (χ3n) is 6.68. The molecule has 180 valence electrons. The van der Waals surface area contributed by atoms with Crippen molar-refractivity contribution in [3.63, 3.8) is 0 Å². The van der Waals surface area contributed by atoms with Crippen molar-refractivity contribution in [2.45, 2.75) is 16.7 Å². The maximum atomic E-state index is 12.9. The second-order valence-corrected chi connectivity index (χ2v) is 10.5. The van der Waals surface area contributed by atoms with Gasteiger partial charge in [-0.2, -0.15) is 0 Å². The van der Waals surface area contributed by atoms with E-state index in [4.69, 9.17) is 11.6 Å². The van der Waals surface area contributed by atoms with Gasteiger partial charge >= 0.3 is 0 Å². The Hall–Kier alpha value is -2.80. The van der Waals surface area contributed by atoms with Gasteiger partial charge in [-0.3, -0.25) is 14.5 Å². The van der Waals surface area contributed by atoms with Crippen LogP contribution < -0.4 is 0 Å². The molecule has 2 amide bonds. The number of carbonyl (C=O) groups excluding carboxylic acids is 2. The van der Waals surface area contributed by atoms with Crippen LogP contribution in [-0.2, 0) is 5.75 Å². The van der Waals surface area contributed by atoms with Crippen LogP contribution in [0.4, 0.5) is 0 Å². The molecule has 5 rings (SSSR count). The highest BCUT2D eigenvalue weighted by Crippen LogP contribution is 2.26. The molecule has 0 saturated carbocycles. The number of halogens is 1. The Morgan fingerprint density at radius 1 is 0.771 bits per heavy atom. The second kappa shape index (κ2) is 10.9. The van der Waals surface area contributed by atoms with E-state index in [-0.39, 0.29) is 11.8 Å². The highest BCUT2D eigenvalue weighted by Gasteiger charge is 2.36. The Labute approximate surface area is 215 Å². The van der Waals surface area contributed by atoms with E-state index in [1.807, 2.05) is 82.6 Å². The van der Waals surface area contributed by atoms with Crippen molar-refractivity contribution in [1.82, 2.24) is 14.7 Å². The van der Waals surface area contributed by atoms with Gasteiger partial charge in [-0.15, -0.1) is 11.8 Å². The minimum absolute atomic E-state index is 0.0885. The van der Waals surface area contributed by atoms with Gasteiger partial charge in [0, 0.05) is 72.1 Å². The summed E-state index contributed by atoms with van der Waals surface area (Å²) < 4.78 is 0. The smallest absolute Gasteiger partial charge is 0.253 e. The zero-order valence-corrected chi connectivity index (χ0v) is 21.0. The molecule has 3 aromatic rings. The van der Waals surface area contributed by atoms with E-state index in [1.165, 1.54) is 5.56 Å². The lowest BCUT2D eigenvalue weighted by molar-refractivity contribution is 0.00853. The zero-order chi connectivity index (χ0) is 24.2. The average molecular weight is 506 g/mol. The summed E-state index contributed by atoms with van der Waals surface area (Å²) in [5.74, 6) is 1.03. The molecule has 2 fully saturated rings. The number of rotatable bonds is 6. The van der Waals surface area contributed by atoms with Crippen LogP contribution in [0.3, 0.4) is 0 Å². The molecule has 0 N–H and O–H groups in total. The molecule has 0 spiro atoms. The van der Waals surface area contributed by atoms with Crippen LogP contribution in [0, 0.1) is 0 Å². The number of piperazine rings is 1. The van der Waals surface area contributed by atoms with Crippen molar-refractivity contribution in [1.29, 1.82) is 0 Å². The fourth-order valence-corrected chi connectivity index (χ4v) is 5.63. The Morgan fingerprint density at radius 2 is 1.43 bits per heavy atom. The fraction of sp³-hybridized carbons (Fsp3) is 0.286. The van der Waals surface area contributed by atoms with Gasteiger partial charge in [0.2, 0.25) is 0 Å². The number of thioether (sulfide) groups is 1. The van der Waals surface area contributed by atoms with Gasteiger partial charge < -0.3 is 9.80 Å². The molecule has 2 heterocycles. The monoisotopic (exact) mass is 505 g/mol. The summed E-state index contributed by atoms with van der Waals surface area (Å²) in [5, 5.41) is 0.749. The van der Waals surface area contributed by atoms with Gasteiger partial charge in [0.15, 0.2) is 0 Å². The number of hydrogen-bond acceptors (Lipinski definition) is 4. The van der Waals surface area contributed by atoms with Crippen molar-refractivity contribution in [3.8, 4) is 0 Å². The maximum Gasteiger partial charge on any atom is 0.253 e. The highest BCUT2D eigenvalue weighted by atomic mass is 35.5. The summed E-state index contributed by atoms with van der Waals surface area (Å²) in [7, 11) is 0. The van der Waals surface area contributed by atoms with Crippen molar-refractivity contribution in [3.05, 3.63) is 101 Å². The molecule has 0 radical (unpaired) electrons. The minimum Gasteiger partial charge on any atom is -0.336 e. The first-order valence-electron chi connectivity index (χ1n) is 11.9. The van der Waals surface area contributed by atoms with Gasteiger partial charge in [0.05, 0.1) is 0 Å². The van der Waals surface area contributed by atoms with E-state index in [9.17, 15) is 9.59 Å². The van der Waals surface area contributed by atoms with E-state index in [2.05, 4.69) is 11.0 Å². The molecule has 2 saturated heterocycles. The molecule has 0 unspecified atom stereocenters. The lowest BCUT2D eigenvalue weighted by atomic mass is 10.0. The molecular weight excluding hydrogens is 478 g/mol. The molecule has 0 aromatic heterocycles. The predicted molar refractivity (Wildman–Crippen MR) is 141 cm³/mol. The molecule has 0 atom stereocenters. The van der Waals surface area contributed by atoms with Crippen LogP contribution in [0.5, 0.6) is 0 Å². The van der Waals surface area contributed by atoms with Crippen LogP contribution in [0.15, 0.2) is 83.8 Å². The van der Waals surface area contributed by atoms with Crippen LogP contribution in [0.2, 0.25) is 5.02 Å². The molecule has 2 aliphatic heterocycles. The van der Waals surface area contributed by atoms with Crippen LogP contribution >= 0.6 is 23.4 Å². The zero-order valence-electron chi connectivity index (χ0n) is 19.5. The molecule has 0 bridgehead atoms. The number of nitrogens with zero attached hydrogens (tertiary/aromatic N) is 3. The molecule has 0 aliphatic carbocycles. The number of hydrogen-bond donors (Lipinski definition) is 0. The van der Waals surface area contributed by atoms with Crippen LogP contribution in [0.25, 0.3) is 0 Å². The van der Waals surface area contributed by atoms with Gasteiger partial charge in [0.25, 0.3) is 11.8 Å². The topological polar surface area (TPSA) is 43.9 Å². The Bertz CT molecular complexity index is 1170. The molecule has 3 aromatic carbocycles. The minimum atomic E-state index is 0.0885. The van der Waals surface area contributed by atoms with E-state index in [0.717, 1.165) is 66.1 Å². The highest BCUT2D eigenvalue weighted by molar-refractivity contribution is 7.98. The van der Waals surface area contributed by atoms with Gasteiger partial charge in [0.1, 0.15) is 0 Å². The van der Waals surface area contributed by atoms with E-state index < -0.39 is 0 Å². The quantitative estimate of drug-likeness (QED) is 0.446. The summed E-state index contributed by atoms with van der Waals surface area (Å²) in [6.07, 6.45) is 0. The third kappa shape index (κ3) is 5.72. The average Bonchev–Trinajstić information content (AvgIpc) is 2.87. The van der Waals surface area contributed by atoms with E-state index in [0.29, 0.717) is 6.04 Å². The standard InChI is InChI=1S/C28H28ClN3O2S/c29-24-8-4-5-21(17-24)20-35-26-11-9-23(10-12-26)28(34)32-18-25(19-32)30-13-15-31(16-14-30)27(33)22-6-2-1-3-7-22/h1-12,17,25H,13-16,18-20H2. The number of amides is 2. The summed E-state index contributed by atoms with van der Waals surface area (Å²) in [5.41, 5.74) is 2.66. The Morgan fingerprint density at radius 3 is 2.11 bits per heavy atom. The van der Waals surface area contributed by atoms with Gasteiger partial charge in [-0.1, -0.05) is 41.9 Å². The van der Waals surface area contributed by atoms with Gasteiger partial charge in [-0.05, 0) is 54.1 Å². The number of likely N-dealkylation sites (tertiary alicyclic amines) is 1. The molecule has 35 heavy (non-hydrogen) atoms. The maximum absolute atomic E-state index is 12.9. The summed E-state index contributed by atoms with van der Waals surface area (Å²) >= 11 is 7.80. The number of benzene rings is 3. The number of carbonyl (C=O) groups is 2. The summed E-state index contributed by atoms with van der Waals surface area (Å²) in [6.45, 7) is 4.65. The Balaban J connectivity index is 1.07. The normalized spacial score (nSPS) is 16.7. The lowest BCUT2D eigenvalue weighted by Crippen LogP contribution is -2.64. The van der Waals surface area contributed by atoms with Crippen LogP contribution in [-0.4, -0.2) is 71.8 Å². The SMILES string of the molecule is O=C(c1ccccc1)N1CCN(C2CN(C(=O)c3ccc(SCc4cccc(Cl)c4)cc3)C2)CC1. The summed E-state index contributed by atoms with van der Waals surface area (Å²) in [6, 6.07) is 25.6. The van der Waals surface area contributed by atoms with Crippen molar-refractivity contribution in [2.24, 2.45) is 0 Å².